The molecule has 1 fully saturated rings. The summed E-state index contributed by atoms with van der Waals surface area (Å²) < 4.78 is 39.1. The lowest BCUT2D eigenvalue weighted by molar-refractivity contribution is -0.137. The predicted octanol–water partition coefficient (Wildman–Crippen LogP) is 2.76. The number of carbonyl (C=O) groups is 2. The lowest BCUT2D eigenvalue weighted by Crippen LogP contribution is -2.42. The molecule has 1 aliphatic rings. The number of amides is 3. The number of rotatable bonds is 1. The third kappa shape index (κ3) is 4.14. The van der Waals surface area contributed by atoms with Gasteiger partial charge in [-0.25, -0.2) is 4.79 Å². The summed E-state index contributed by atoms with van der Waals surface area (Å²) >= 11 is 0. The molecule has 3 amide bonds. The van der Waals surface area contributed by atoms with Gasteiger partial charge in [-0.2, -0.15) is 13.2 Å². The molecule has 126 valence electrons. The summed E-state index contributed by atoms with van der Waals surface area (Å²) in [5, 5.41) is 4.96. The second kappa shape index (κ2) is 6.47. The molecular weight excluding hydrogens is 311 g/mol. The molecule has 0 aromatic heterocycles. The van der Waals surface area contributed by atoms with Crippen molar-refractivity contribution in [3.63, 3.8) is 0 Å². The van der Waals surface area contributed by atoms with Gasteiger partial charge in [0, 0.05) is 25.6 Å². The first-order valence-corrected chi connectivity index (χ1v) is 7.20. The van der Waals surface area contributed by atoms with Gasteiger partial charge in [-0.15, -0.1) is 0 Å². The van der Waals surface area contributed by atoms with Crippen LogP contribution in [0.2, 0.25) is 0 Å². The Balaban J connectivity index is 2.23. The molecule has 0 bridgehead atoms. The summed E-state index contributed by atoms with van der Waals surface area (Å²) in [7, 11) is 0. The van der Waals surface area contributed by atoms with Crippen LogP contribution in [0, 0.1) is 6.92 Å². The Labute approximate surface area is 131 Å². The molecule has 1 aromatic rings. The minimum Gasteiger partial charge on any atom is -0.354 e. The number of benzene rings is 1. The monoisotopic (exact) mass is 329 g/mol. The minimum atomic E-state index is -4.56. The Bertz CT molecular complexity index is 616. The van der Waals surface area contributed by atoms with Gasteiger partial charge >= 0.3 is 12.2 Å². The van der Waals surface area contributed by atoms with Crippen LogP contribution in [0.15, 0.2) is 18.2 Å². The highest BCUT2D eigenvalue weighted by molar-refractivity contribution is 5.91. The molecule has 1 saturated heterocycles. The zero-order chi connectivity index (χ0) is 17.2. The van der Waals surface area contributed by atoms with E-state index in [9.17, 15) is 22.8 Å². The number of alkyl halides is 3. The number of hydrogen-bond donors (Lipinski definition) is 2. The average Bonchev–Trinajstić information content (AvgIpc) is 2.57. The van der Waals surface area contributed by atoms with E-state index in [-0.39, 0.29) is 31.1 Å². The summed E-state index contributed by atoms with van der Waals surface area (Å²) in [6.07, 6.45) is -4.44. The maximum atomic E-state index is 13.0. The summed E-state index contributed by atoms with van der Waals surface area (Å²) in [5.74, 6) is -0.181. The average molecular weight is 329 g/mol. The second-order valence-electron chi connectivity index (χ2n) is 5.57. The van der Waals surface area contributed by atoms with Crippen LogP contribution < -0.4 is 10.6 Å². The smallest absolute Gasteiger partial charge is 0.354 e. The molecule has 2 rings (SSSR count). The standard InChI is InChI=1S/C15H18F3N3O2/c1-9-3-4-11(15(16,17)18)12(7-9)20-14(23)21-6-5-19-13(22)8-10(21)2/h3-4,7,10H,5-6,8H2,1-2H3,(H,19,22)(H,20,23). The molecule has 1 aromatic carbocycles. The van der Waals surface area contributed by atoms with E-state index in [1.165, 1.54) is 17.0 Å². The van der Waals surface area contributed by atoms with E-state index in [2.05, 4.69) is 10.6 Å². The number of carbonyl (C=O) groups excluding carboxylic acids is 2. The van der Waals surface area contributed by atoms with E-state index >= 15 is 0 Å². The highest BCUT2D eigenvalue weighted by Crippen LogP contribution is 2.35. The van der Waals surface area contributed by atoms with Gasteiger partial charge in [-0.05, 0) is 31.5 Å². The van der Waals surface area contributed by atoms with Gasteiger partial charge in [0.15, 0.2) is 0 Å². The van der Waals surface area contributed by atoms with E-state index in [4.69, 9.17) is 0 Å². The Hall–Kier alpha value is -2.25. The minimum absolute atomic E-state index is 0.118. The number of anilines is 1. The van der Waals surface area contributed by atoms with Gasteiger partial charge in [0.2, 0.25) is 5.91 Å². The summed E-state index contributed by atoms with van der Waals surface area (Å²) in [4.78, 5) is 25.1. The molecule has 1 heterocycles. The largest absolute Gasteiger partial charge is 0.418 e. The van der Waals surface area contributed by atoms with Crippen molar-refractivity contribution in [2.24, 2.45) is 0 Å². The molecule has 1 atom stereocenters. The van der Waals surface area contributed by atoms with Gasteiger partial charge < -0.3 is 15.5 Å². The predicted molar refractivity (Wildman–Crippen MR) is 79.0 cm³/mol. The van der Waals surface area contributed by atoms with Crippen LogP contribution in [0.5, 0.6) is 0 Å². The molecule has 5 nitrogen and oxygen atoms in total. The number of halogens is 3. The van der Waals surface area contributed by atoms with E-state index in [0.717, 1.165) is 6.07 Å². The molecule has 0 saturated carbocycles. The number of urea groups is 1. The lowest BCUT2D eigenvalue weighted by atomic mass is 10.1. The maximum Gasteiger partial charge on any atom is 0.418 e. The van der Waals surface area contributed by atoms with Crippen molar-refractivity contribution in [3.05, 3.63) is 29.3 Å². The SMILES string of the molecule is Cc1ccc(C(F)(F)F)c(NC(=O)N2CCNC(=O)CC2C)c1. The van der Waals surface area contributed by atoms with Crippen molar-refractivity contribution in [1.29, 1.82) is 0 Å². The fraction of sp³-hybridized carbons (Fsp3) is 0.467. The van der Waals surface area contributed by atoms with Crippen molar-refractivity contribution in [2.45, 2.75) is 32.5 Å². The van der Waals surface area contributed by atoms with Gasteiger partial charge in [0.1, 0.15) is 0 Å². The van der Waals surface area contributed by atoms with Crippen LogP contribution in [0.3, 0.4) is 0 Å². The third-order valence-electron chi connectivity index (χ3n) is 3.67. The first-order valence-electron chi connectivity index (χ1n) is 7.20. The van der Waals surface area contributed by atoms with E-state index in [1.807, 2.05) is 0 Å². The molecule has 0 aliphatic carbocycles. The third-order valence-corrected chi connectivity index (χ3v) is 3.67. The van der Waals surface area contributed by atoms with Crippen LogP contribution in [0.4, 0.5) is 23.7 Å². The topological polar surface area (TPSA) is 61.4 Å². The molecule has 2 N–H and O–H groups in total. The van der Waals surface area contributed by atoms with Crippen molar-refractivity contribution < 1.29 is 22.8 Å². The Morgan fingerprint density at radius 2 is 2.09 bits per heavy atom. The number of nitrogens with one attached hydrogen (secondary N) is 2. The Kier molecular flexibility index (Phi) is 4.82. The summed E-state index contributed by atoms with van der Waals surface area (Å²) in [6, 6.07) is 2.53. The quantitative estimate of drug-likeness (QED) is 0.832. The molecule has 1 unspecified atom stereocenters. The van der Waals surface area contributed by atoms with Gasteiger partial charge in [0.05, 0.1) is 11.3 Å². The van der Waals surface area contributed by atoms with E-state index in [0.29, 0.717) is 5.56 Å². The number of aryl methyl sites for hydroxylation is 1. The molecule has 23 heavy (non-hydrogen) atoms. The highest BCUT2D eigenvalue weighted by Gasteiger charge is 2.34. The summed E-state index contributed by atoms with van der Waals surface area (Å²) in [5.41, 5.74) is -0.569. The first kappa shape index (κ1) is 17.1. The second-order valence-corrected chi connectivity index (χ2v) is 5.57. The van der Waals surface area contributed by atoms with Crippen LogP contribution in [-0.4, -0.2) is 36.0 Å². The number of nitrogens with zero attached hydrogens (tertiary/aromatic N) is 1. The molecule has 0 radical (unpaired) electrons. The normalized spacial score (nSPS) is 19.1. The fourth-order valence-corrected chi connectivity index (χ4v) is 2.48. The van der Waals surface area contributed by atoms with Crippen LogP contribution in [-0.2, 0) is 11.0 Å². The van der Waals surface area contributed by atoms with Crippen molar-refractivity contribution in [2.75, 3.05) is 18.4 Å². The maximum absolute atomic E-state index is 13.0. The fourth-order valence-electron chi connectivity index (χ4n) is 2.48. The molecule has 0 spiro atoms. The molecule has 8 heteroatoms. The highest BCUT2D eigenvalue weighted by atomic mass is 19.4. The van der Waals surface area contributed by atoms with Crippen LogP contribution in [0.1, 0.15) is 24.5 Å². The molecular formula is C15H18F3N3O2. The van der Waals surface area contributed by atoms with E-state index in [1.54, 1.807) is 13.8 Å². The Morgan fingerprint density at radius 3 is 2.74 bits per heavy atom. The van der Waals surface area contributed by atoms with Gasteiger partial charge in [0.25, 0.3) is 0 Å². The van der Waals surface area contributed by atoms with Crippen LogP contribution >= 0.6 is 0 Å². The Morgan fingerprint density at radius 1 is 1.39 bits per heavy atom. The zero-order valence-electron chi connectivity index (χ0n) is 12.8. The lowest BCUT2D eigenvalue weighted by Gasteiger charge is -2.27. The number of hydrogen-bond acceptors (Lipinski definition) is 2. The van der Waals surface area contributed by atoms with Crippen molar-refractivity contribution in [1.82, 2.24) is 10.2 Å². The van der Waals surface area contributed by atoms with Crippen molar-refractivity contribution in [3.8, 4) is 0 Å². The van der Waals surface area contributed by atoms with Crippen LogP contribution in [0.25, 0.3) is 0 Å². The summed E-state index contributed by atoms with van der Waals surface area (Å²) in [6.45, 7) is 3.85. The van der Waals surface area contributed by atoms with Crippen molar-refractivity contribution >= 4 is 17.6 Å². The van der Waals surface area contributed by atoms with Gasteiger partial charge in [-0.3, -0.25) is 4.79 Å². The zero-order valence-corrected chi connectivity index (χ0v) is 12.8. The van der Waals surface area contributed by atoms with E-state index < -0.39 is 23.8 Å². The van der Waals surface area contributed by atoms with Gasteiger partial charge in [-0.1, -0.05) is 6.07 Å². The molecule has 1 aliphatic heterocycles. The first-order chi connectivity index (χ1) is 10.7.